The maximum absolute atomic E-state index is 13.1. The Kier molecular flexibility index (Phi) is 8.56. The molecule has 4 aromatic rings. The van der Waals surface area contributed by atoms with Gasteiger partial charge in [-0.05, 0) is 60.5 Å². The number of nitro groups is 1. The van der Waals surface area contributed by atoms with Crippen LogP contribution in [0, 0.1) is 10.1 Å². The zero-order valence-electron chi connectivity index (χ0n) is 21.0. The van der Waals surface area contributed by atoms with Crippen molar-refractivity contribution in [3.8, 4) is 5.69 Å². The fraction of sp³-hybridized carbons (Fsp3) is 0.0333. The summed E-state index contributed by atoms with van der Waals surface area (Å²) in [4.78, 5) is 36.3. The molecular weight excluding hydrogens is 494 g/mol. The van der Waals surface area contributed by atoms with Gasteiger partial charge in [-0.1, -0.05) is 54.6 Å². The molecule has 39 heavy (non-hydrogen) atoms. The number of benzene rings is 3. The van der Waals surface area contributed by atoms with Gasteiger partial charge in [-0.15, -0.1) is 0 Å². The van der Waals surface area contributed by atoms with E-state index < -0.39 is 16.7 Å². The highest BCUT2D eigenvalue weighted by molar-refractivity contribution is 6.03. The average Bonchev–Trinajstić information content (AvgIpc) is 3.42. The lowest BCUT2D eigenvalue weighted by Crippen LogP contribution is -2.33. The van der Waals surface area contributed by atoms with E-state index in [1.165, 1.54) is 18.3 Å². The van der Waals surface area contributed by atoms with E-state index in [1.807, 2.05) is 43.3 Å². The van der Waals surface area contributed by atoms with Gasteiger partial charge in [0.25, 0.3) is 17.5 Å². The third-order valence-electron chi connectivity index (χ3n) is 5.58. The van der Waals surface area contributed by atoms with Crippen molar-refractivity contribution in [2.24, 2.45) is 5.10 Å². The predicted molar refractivity (Wildman–Crippen MR) is 150 cm³/mol. The highest BCUT2D eigenvalue weighted by atomic mass is 16.6. The monoisotopic (exact) mass is 519 g/mol. The number of carbonyl (C=O) groups excluding carboxylic acids is 2. The quantitative estimate of drug-likeness (QED) is 0.103. The highest BCUT2D eigenvalue weighted by Gasteiger charge is 2.14. The van der Waals surface area contributed by atoms with Gasteiger partial charge >= 0.3 is 0 Å². The van der Waals surface area contributed by atoms with Crippen molar-refractivity contribution >= 4 is 29.8 Å². The van der Waals surface area contributed by atoms with Crippen molar-refractivity contribution in [2.45, 2.75) is 6.92 Å². The van der Waals surface area contributed by atoms with Crippen molar-refractivity contribution in [1.29, 1.82) is 0 Å². The van der Waals surface area contributed by atoms with Gasteiger partial charge in [-0.25, -0.2) is 5.43 Å². The van der Waals surface area contributed by atoms with Gasteiger partial charge in [0.15, 0.2) is 0 Å². The average molecular weight is 520 g/mol. The number of hydrogen-bond acceptors (Lipinski definition) is 5. The van der Waals surface area contributed by atoms with Crippen molar-refractivity contribution in [3.63, 3.8) is 0 Å². The number of aromatic nitrogens is 1. The Balaban J connectivity index is 1.53. The molecule has 0 saturated heterocycles. The van der Waals surface area contributed by atoms with E-state index in [0.29, 0.717) is 16.9 Å². The van der Waals surface area contributed by atoms with Gasteiger partial charge in [0.1, 0.15) is 5.70 Å². The molecule has 0 fully saturated rings. The van der Waals surface area contributed by atoms with Crippen molar-refractivity contribution < 1.29 is 14.5 Å². The third kappa shape index (κ3) is 7.23. The van der Waals surface area contributed by atoms with Gasteiger partial charge in [-0.2, -0.15) is 5.10 Å². The van der Waals surface area contributed by atoms with Crippen LogP contribution in [0.2, 0.25) is 0 Å². The number of hydrazone groups is 1. The molecule has 1 heterocycles. The van der Waals surface area contributed by atoms with Crippen molar-refractivity contribution in [2.75, 3.05) is 0 Å². The summed E-state index contributed by atoms with van der Waals surface area (Å²) < 4.78 is 1.76. The number of non-ortho nitro benzene ring substituents is 1. The smallest absolute Gasteiger partial charge is 0.287 e. The normalized spacial score (nSPS) is 11.8. The lowest BCUT2D eigenvalue weighted by atomic mass is 10.1. The molecule has 4 rings (SSSR count). The zero-order chi connectivity index (χ0) is 27.6. The maximum Gasteiger partial charge on any atom is 0.287 e. The van der Waals surface area contributed by atoms with E-state index >= 15 is 0 Å². The SMILES string of the molecule is CC(=Cc1ccccc1)C=C(NC(=O)c1ccccc1)C(=O)NN=Cc1cccn1-c1ccc([N+](=O)[O-])cc1. The molecule has 0 saturated carbocycles. The second-order valence-corrected chi connectivity index (χ2v) is 8.45. The molecule has 0 aliphatic rings. The molecule has 2 N–H and O–H groups in total. The Morgan fingerprint density at radius 2 is 1.56 bits per heavy atom. The van der Waals surface area contributed by atoms with E-state index in [1.54, 1.807) is 71.4 Å². The van der Waals surface area contributed by atoms with Crippen molar-refractivity contribution in [1.82, 2.24) is 15.3 Å². The molecule has 2 amide bonds. The number of nitrogens with one attached hydrogen (secondary N) is 2. The Hall–Kier alpha value is -5.57. The Morgan fingerprint density at radius 3 is 2.23 bits per heavy atom. The van der Waals surface area contributed by atoms with Crippen LogP contribution in [0.4, 0.5) is 5.69 Å². The molecule has 9 heteroatoms. The van der Waals surface area contributed by atoms with Crippen molar-refractivity contribution in [3.05, 3.63) is 148 Å². The first kappa shape index (κ1) is 26.5. The molecule has 3 aromatic carbocycles. The molecular formula is C30H25N5O4. The summed E-state index contributed by atoms with van der Waals surface area (Å²) in [5, 5.41) is 17.7. The third-order valence-corrected chi connectivity index (χ3v) is 5.58. The largest absolute Gasteiger partial charge is 0.317 e. The van der Waals surface area contributed by atoms with Crippen LogP contribution in [0.25, 0.3) is 11.8 Å². The molecule has 0 bridgehead atoms. The van der Waals surface area contributed by atoms with Crippen LogP contribution in [-0.2, 0) is 4.79 Å². The molecule has 0 aliphatic carbocycles. The standard InChI is InChI=1S/C30H25N5O4/c1-22(19-23-9-4-2-5-10-23)20-28(32-29(36)24-11-6-3-7-12-24)30(37)33-31-21-27-13-8-18-34(27)25-14-16-26(17-15-25)35(38)39/h2-21H,1H3,(H,32,36)(H,33,37). The van der Waals surface area contributed by atoms with Crippen LogP contribution in [0.3, 0.4) is 0 Å². The fourth-order valence-electron chi connectivity index (χ4n) is 3.71. The van der Waals surface area contributed by atoms with E-state index in [2.05, 4.69) is 15.8 Å². The summed E-state index contributed by atoms with van der Waals surface area (Å²) in [5.74, 6) is -1.04. The van der Waals surface area contributed by atoms with Gasteiger partial charge < -0.3 is 9.88 Å². The van der Waals surface area contributed by atoms with Gasteiger partial charge in [0.05, 0.1) is 16.8 Å². The van der Waals surface area contributed by atoms with Gasteiger partial charge in [0, 0.05) is 29.6 Å². The van der Waals surface area contributed by atoms with Crippen LogP contribution < -0.4 is 10.7 Å². The van der Waals surface area contributed by atoms with Crippen LogP contribution in [0.15, 0.2) is 126 Å². The summed E-state index contributed by atoms with van der Waals surface area (Å²) in [6.45, 7) is 1.83. The Labute approximate surface area is 225 Å². The fourth-order valence-corrected chi connectivity index (χ4v) is 3.71. The predicted octanol–water partition coefficient (Wildman–Crippen LogP) is 5.25. The molecule has 0 unspecified atom stereocenters. The van der Waals surface area contributed by atoms with Crippen LogP contribution >= 0.6 is 0 Å². The number of allylic oxidation sites excluding steroid dienone is 2. The number of hydrogen-bond donors (Lipinski definition) is 2. The molecule has 9 nitrogen and oxygen atoms in total. The summed E-state index contributed by atoms with van der Waals surface area (Å²) in [6.07, 6.45) is 6.69. The summed E-state index contributed by atoms with van der Waals surface area (Å²) in [6, 6.07) is 27.8. The lowest BCUT2D eigenvalue weighted by molar-refractivity contribution is -0.384. The zero-order valence-corrected chi connectivity index (χ0v) is 21.0. The summed E-state index contributed by atoms with van der Waals surface area (Å²) in [7, 11) is 0. The summed E-state index contributed by atoms with van der Waals surface area (Å²) in [5.41, 5.74) is 5.90. The number of nitrogens with zero attached hydrogens (tertiary/aromatic N) is 3. The second-order valence-electron chi connectivity index (χ2n) is 8.45. The second kappa shape index (κ2) is 12.6. The highest BCUT2D eigenvalue weighted by Crippen LogP contribution is 2.17. The molecule has 0 radical (unpaired) electrons. The molecule has 0 aliphatic heterocycles. The van der Waals surface area contributed by atoms with Crippen LogP contribution in [-0.4, -0.2) is 27.5 Å². The van der Waals surface area contributed by atoms with Gasteiger partial charge in [0.2, 0.25) is 0 Å². The van der Waals surface area contributed by atoms with E-state index in [-0.39, 0.29) is 11.4 Å². The van der Waals surface area contributed by atoms with Gasteiger partial charge in [-0.3, -0.25) is 19.7 Å². The van der Waals surface area contributed by atoms with E-state index in [9.17, 15) is 19.7 Å². The van der Waals surface area contributed by atoms with Crippen LogP contribution in [0.5, 0.6) is 0 Å². The minimum Gasteiger partial charge on any atom is -0.317 e. The maximum atomic E-state index is 13.1. The molecule has 1 aromatic heterocycles. The number of amides is 2. The first-order valence-corrected chi connectivity index (χ1v) is 12.0. The molecule has 194 valence electrons. The van der Waals surface area contributed by atoms with E-state index in [0.717, 1.165) is 11.1 Å². The number of nitro benzene ring substituents is 1. The van der Waals surface area contributed by atoms with Crippen LogP contribution in [0.1, 0.15) is 28.5 Å². The summed E-state index contributed by atoms with van der Waals surface area (Å²) >= 11 is 0. The number of carbonyl (C=O) groups is 2. The molecule has 0 spiro atoms. The Morgan fingerprint density at radius 1 is 0.897 bits per heavy atom. The lowest BCUT2D eigenvalue weighted by Gasteiger charge is -2.10. The molecule has 0 atom stereocenters. The Bertz CT molecular complexity index is 1550. The first-order chi connectivity index (χ1) is 18.9. The topological polar surface area (TPSA) is 119 Å². The van der Waals surface area contributed by atoms with E-state index in [4.69, 9.17) is 0 Å². The minimum absolute atomic E-state index is 0.0122. The first-order valence-electron chi connectivity index (χ1n) is 12.0. The number of rotatable bonds is 9. The minimum atomic E-state index is -0.607.